The molecule has 0 bridgehead atoms. The number of benzene rings is 1. The second-order valence-corrected chi connectivity index (χ2v) is 4.22. The van der Waals surface area contributed by atoms with Gasteiger partial charge in [-0.1, -0.05) is 6.07 Å². The molecular weight excluding hydrogens is 228 g/mol. The lowest BCUT2D eigenvalue weighted by Gasteiger charge is -2.18. The summed E-state index contributed by atoms with van der Waals surface area (Å²) in [6.45, 7) is 5.68. The smallest absolute Gasteiger partial charge is 0.326 e. The molecule has 0 radical (unpaired) electrons. The van der Waals surface area contributed by atoms with Crippen LogP contribution in [0.25, 0.3) is 0 Å². The fourth-order valence-corrected chi connectivity index (χ4v) is 2.04. The van der Waals surface area contributed by atoms with Crippen LogP contribution in [-0.4, -0.2) is 18.2 Å². The van der Waals surface area contributed by atoms with Gasteiger partial charge in [0.05, 0.1) is 7.11 Å². The molecule has 0 amide bonds. The third-order valence-electron chi connectivity index (χ3n) is 2.71. The summed E-state index contributed by atoms with van der Waals surface area (Å²) in [6, 6.07) is 1.92. The molecule has 0 saturated carbocycles. The standard InChI is InChI=1S/C12H15ClO3/c1-6-5-7(2)9(10(13)12(14)15)11(16-4)8(6)3/h5,10H,1-4H3,(H,14,15). The SMILES string of the molecule is COc1c(C)c(C)cc(C)c1C(Cl)C(=O)O. The third kappa shape index (κ3) is 2.14. The van der Waals surface area contributed by atoms with E-state index in [1.54, 1.807) is 0 Å². The molecule has 0 aliphatic rings. The monoisotopic (exact) mass is 242 g/mol. The minimum absolute atomic E-state index is 0.541. The number of carboxylic acids is 1. The van der Waals surface area contributed by atoms with Crippen molar-refractivity contribution in [3.05, 3.63) is 28.3 Å². The highest BCUT2D eigenvalue weighted by Gasteiger charge is 2.24. The van der Waals surface area contributed by atoms with Crippen molar-refractivity contribution in [1.82, 2.24) is 0 Å². The van der Waals surface area contributed by atoms with E-state index in [1.807, 2.05) is 26.8 Å². The quantitative estimate of drug-likeness (QED) is 0.829. The highest BCUT2D eigenvalue weighted by molar-refractivity contribution is 6.30. The largest absolute Gasteiger partial charge is 0.496 e. The topological polar surface area (TPSA) is 46.5 Å². The number of carbonyl (C=O) groups is 1. The minimum Gasteiger partial charge on any atom is -0.496 e. The first-order valence-electron chi connectivity index (χ1n) is 4.91. The van der Waals surface area contributed by atoms with Crippen molar-refractivity contribution in [3.63, 3.8) is 0 Å². The third-order valence-corrected chi connectivity index (χ3v) is 3.11. The Labute approximate surface area is 100.0 Å². The molecule has 0 aliphatic carbocycles. The van der Waals surface area contributed by atoms with E-state index in [9.17, 15) is 4.79 Å². The molecular formula is C12H15ClO3. The molecule has 1 aromatic carbocycles. The molecule has 1 N–H and O–H groups in total. The summed E-state index contributed by atoms with van der Waals surface area (Å²) in [5, 5.41) is 7.88. The molecule has 16 heavy (non-hydrogen) atoms. The van der Waals surface area contributed by atoms with Gasteiger partial charge in [-0.3, -0.25) is 4.79 Å². The summed E-state index contributed by atoms with van der Waals surface area (Å²) in [5.74, 6) is -0.494. The highest BCUT2D eigenvalue weighted by atomic mass is 35.5. The fraction of sp³-hybridized carbons (Fsp3) is 0.417. The second kappa shape index (κ2) is 4.74. The molecule has 0 aliphatic heterocycles. The van der Waals surface area contributed by atoms with Crippen molar-refractivity contribution in [3.8, 4) is 5.75 Å². The van der Waals surface area contributed by atoms with Gasteiger partial charge in [-0.05, 0) is 37.5 Å². The summed E-state index contributed by atoms with van der Waals surface area (Å²) < 4.78 is 5.26. The number of carboxylic acid groups (broad SMARTS) is 1. The molecule has 1 rings (SSSR count). The lowest BCUT2D eigenvalue weighted by molar-refractivity contribution is -0.136. The van der Waals surface area contributed by atoms with Gasteiger partial charge in [0.2, 0.25) is 0 Å². The Hall–Kier alpha value is -1.22. The van der Waals surface area contributed by atoms with Gasteiger partial charge >= 0.3 is 5.97 Å². The van der Waals surface area contributed by atoms with E-state index in [1.165, 1.54) is 7.11 Å². The number of halogens is 1. The number of alkyl halides is 1. The van der Waals surface area contributed by atoms with Gasteiger partial charge in [0.25, 0.3) is 0 Å². The minimum atomic E-state index is -1.07. The summed E-state index contributed by atoms with van der Waals surface area (Å²) in [4.78, 5) is 10.9. The lowest BCUT2D eigenvalue weighted by atomic mass is 9.97. The first-order valence-corrected chi connectivity index (χ1v) is 5.35. The van der Waals surface area contributed by atoms with Crippen molar-refractivity contribution in [1.29, 1.82) is 0 Å². The number of aliphatic carboxylic acids is 1. The maximum Gasteiger partial charge on any atom is 0.326 e. The normalized spacial score (nSPS) is 12.3. The van der Waals surface area contributed by atoms with Gasteiger partial charge in [0.1, 0.15) is 5.75 Å². The summed E-state index contributed by atoms with van der Waals surface area (Å²) in [7, 11) is 1.52. The molecule has 0 heterocycles. The van der Waals surface area contributed by atoms with Crippen molar-refractivity contribution in [2.24, 2.45) is 0 Å². The average molecular weight is 243 g/mol. The Kier molecular flexibility index (Phi) is 3.81. The van der Waals surface area contributed by atoms with E-state index < -0.39 is 11.3 Å². The number of methoxy groups -OCH3 is 1. The maximum atomic E-state index is 10.9. The Balaban J connectivity index is 3.48. The number of hydrogen-bond donors (Lipinski definition) is 1. The number of rotatable bonds is 3. The molecule has 1 aromatic rings. The molecule has 0 saturated heterocycles. The predicted molar refractivity (Wildman–Crippen MR) is 63.4 cm³/mol. The van der Waals surface area contributed by atoms with E-state index in [4.69, 9.17) is 21.4 Å². The van der Waals surface area contributed by atoms with E-state index in [-0.39, 0.29) is 0 Å². The van der Waals surface area contributed by atoms with E-state index in [2.05, 4.69) is 0 Å². The highest BCUT2D eigenvalue weighted by Crippen LogP contribution is 2.36. The van der Waals surface area contributed by atoms with E-state index >= 15 is 0 Å². The molecule has 1 atom stereocenters. The van der Waals surface area contributed by atoms with Gasteiger partial charge in [-0.2, -0.15) is 0 Å². The molecule has 4 heteroatoms. The van der Waals surface area contributed by atoms with Gasteiger partial charge in [-0.15, -0.1) is 11.6 Å². The van der Waals surface area contributed by atoms with Crippen molar-refractivity contribution in [2.75, 3.05) is 7.11 Å². The van der Waals surface area contributed by atoms with Crippen molar-refractivity contribution in [2.45, 2.75) is 26.1 Å². The van der Waals surface area contributed by atoms with Crippen LogP contribution in [0.15, 0.2) is 6.07 Å². The Morgan fingerprint density at radius 2 is 1.94 bits per heavy atom. The van der Waals surface area contributed by atoms with Crippen molar-refractivity contribution >= 4 is 17.6 Å². The van der Waals surface area contributed by atoms with Crippen LogP contribution < -0.4 is 4.74 Å². The second-order valence-electron chi connectivity index (χ2n) is 3.78. The summed E-state index contributed by atoms with van der Waals surface area (Å²) in [5.41, 5.74) is 3.37. The van der Waals surface area contributed by atoms with Crippen LogP contribution in [0.4, 0.5) is 0 Å². The van der Waals surface area contributed by atoms with E-state index in [0.29, 0.717) is 11.3 Å². The van der Waals surface area contributed by atoms with Gasteiger partial charge in [0.15, 0.2) is 5.38 Å². The maximum absolute atomic E-state index is 10.9. The molecule has 1 unspecified atom stereocenters. The number of ether oxygens (including phenoxy) is 1. The first-order chi connectivity index (χ1) is 7.40. The van der Waals surface area contributed by atoms with Gasteiger partial charge in [0, 0.05) is 5.56 Å². The van der Waals surface area contributed by atoms with Crippen LogP contribution in [0.2, 0.25) is 0 Å². The zero-order valence-corrected chi connectivity index (χ0v) is 10.6. The molecule has 88 valence electrons. The molecule has 0 fully saturated rings. The Bertz CT molecular complexity index is 427. The zero-order valence-electron chi connectivity index (χ0n) is 9.80. The molecule has 0 spiro atoms. The first kappa shape index (κ1) is 12.8. The van der Waals surface area contributed by atoms with Gasteiger partial charge in [-0.25, -0.2) is 0 Å². The van der Waals surface area contributed by atoms with Gasteiger partial charge < -0.3 is 9.84 Å². The van der Waals surface area contributed by atoms with Crippen molar-refractivity contribution < 1.29 is 14.6 Å². The number of hydrogen-bond acceptors (Lipinski definition) is 2. The fourth-order valence-electron chi connectivity index (χ4n) is 1.77. The lowest BCUT2D eigenvalue weighted by Crippen LogP contribution is -2.10. The molecule has 0 aromatic heterocycles. The van der Waals surface area contributed by atoms with E-state index in [0.717, 1.165) is 16.7 Å². The predicted octanol–water partition coefficient (Wildman–Crippen LogP) is 2.98. The number of aryl methyl sites for hydroxylation is 2. The van der Waals surface area contributed by atoms with Crippen LogP contribution in [0.1, 0.15) is 27.6 Å². The molecule has 3 nitrogen and oxygen atoms in total. The Morgan fingerprint density at radius 1 is 1.38 bits per heavy atom. The van der Waals surface area contributed by atoms with Crippen LogP contribution >= 0.6 is 11.6 Å². The average Bonchev–Trinajstić information content (AvgIpc) is 2.21. The van der Waals surface area contributed by atoms with Crippen LogP contribution in [0, 0.1) is 20.8 Å². The summed E-state index contributed by atoms with van der Waals surface area (Å²) in [6.07, 6.45) is 0. The Morgan fingerprint density at radius 3 is 2.38 bits per heavy atom. The zero-order chi connectivity index (χ0) is 12.5. The van der Waals surface area contributed by atoms with Crippen LogP contribution in [0.5, 0.6) is 5.75 Å². The summed E-state index contributed by atoms with van der Waals surface area (Å²) >= 11 is 5.88. The van der Waals surface area contributed by atoms with Crippen LogP contribution in [0.3, 0.4) is 0 Å². The van der Waals surface area contributed by atoms with Crippen LogP contribution in [-0.2, 0) is 4.79 Å².